The van der Waals surface area contributed by atoms with Crippen LogP contribution in [0.2, 0.25) is 0 Å². The molecule has 0 spiro atoms. The van der Waals surface area contributed by atoms with Gasteiger partial charge in [0.05, 0.1) is 18.0 Å². The van der Waals surface area contributed by atoms with Crippen LogP contribution in [0.5, 0.6) is 0 Å². The van der Waals surface area contributed by atoms with E-state index in [0.29, 0.717) is 72.3 Å². The van der Waals surface area contributed by atoms with Gasteiger partial charge in [-0.05, 0) is 154 Å². The standard InChI is InChI=1S/C31H28F3N5O2.C6H5BF2O2.C6H6BFO2.C6H4BrF.C3H2BrNS.5CH4/c32-23-4-1-19(2-5-23)20-10-13-39(14-11-20)29(40)18-38-12-9-22(17-38)31(41)35-24-6-8-28-25(16-24)30(37-36-28)21-3-7-26(33)27(34)15-21;8-5-2-1-4(7(10)11)3-6(5)9;8-6-3-1-5(2-4-6)7(9)10;7-5-1-3-6(8)4-2-5;4-3-5-1-2-6-3;;;;;/h1-8,10,15-16,22H,9,11-14,17-18H2,(H,35,41)(H,36,37);1-3,10-11H;1-4,9-10H;1-4H;1-2H;5*1H4/t22-;;;;;;;;;/m1........./s1. The minimum atomic E-state index is -1.76. The molecule has 2 aromatic heterocycles. The Hall–Kier alpha value is -6.50. The Kier molecular flexibility index (Phi) is 31.7. The predicted octanol–water partition coefficient (Wildman–Crippen LogP) is 12.0. The van der Waals surface area contributed by atoms with Gasteiger partial charge in [-0.3, -0.25) is 19.6 Å². The van der Waals surface area contributed by atoms with E-state index >= 15 is 0 Å². The van der Waals surface area contributed by atoms with Crippen molar-refractivity contribution in [3.05, 3.63) is 200 Å². The molecule has 10 rings (SSSR count). The Balaban J connectivity index is 0.000000663. The average Bonchev–Trinajstić information content (AvgIpc) is 4.22. The molecule has 0 saturated carbocycles. The summed E-state index contributed by atoms with van der Waals surface area (Å²) in [6.07, 6.45) is 5.13. The van der Waals surface area contributed by atoms with Crippen LogP contribution >= 0.6 is 43.2 Å². The Bertz CT molecular complexity index is 3190. The van der Waals surface area contributed by atoms with Gasteiger partial charge in [0.25, 0.3) is 0 Å². The Morgan fingerprint density at radius 3 is 1.73 bits per heavy atom. The molecule has 0 aliphatic carbocycles. The molecule has 2 aliphatic rings. The fourth-order valence-electron chi connectivity index (χ4n) is 7.45. The quantitative estimate of drug-likeness (QED) is 0.0639. The van der Waals surface area contributed by atoms with Gasteiger partial charge in [0.1, 0.15) is 23.1 Å². The average molecular weight is 1280 g/mol. The second kappa shape index (κ2) is 35.4. The number of benzene rings is 6. The summed E-state index contributed by atoms with van der Waals surface area (Å²) in [5, 5.41) is 46.8. The van der Waals surface area contributed by atoms with Gasteiger partial charge in [0.15, 0.2) is 27.2 Å². The highest BCUT2D eigenvalue weighted by molar-refractivity contribution is 9.11. The van der Waals surface area contributed by atoms with E-state index in [0.717, 1.165) is 49.9 Å². The number of aromatic nitrogens is 3. The number of anilines is 1. The van der Waals surface area contributed by atoms with E-state index in [1.54, 1.807) is 60.0 Å². The first-order valence-electron chi connectivity index (χ1n) is 22.9. The molecule has 1 atom stereocenters. The number of aromatic amines is 1. The molecule has 0 radical (unpaired) electrons. The fourth-order valence-corrected chi connectivity index (χ4v) is 8.51. The lowest BCUT2D eigenvalue weighted by Crippen LogP contribution is -2.41. The second-order valence-electron chi connectivity index (χ2n) is 16.7. The van der Waals surface area contributed by atoms with Crippen molar-refractivity contribution in [2.45, 2.75) is 50.0 Å². The maximum absolute atomic E-state index is 13.8. The van der Waals surface area contributed by atoms with Crippen molar-refractivity contribution in [3.8, 4) is 11.3 Å². The van der Waals surface area contributed by atoms with Crippen molar-refractivity contribution in [2.24, 2.45) is 5.92 Å². The molecule has 12 nitrogen and oxygen atoms in total. The maximum atomic E-state index is 13.8. The molecule has 0 bridgehead atoms. The van der Waals surface area contributed by atoms with Crippen LogP contribution in [0.15, 0.2) is 153 Å². The molecule has 6 aromatic carbocycles. The number of likely N-dealkylation sites (tertiary alicyclic amines) is 1. The number of thiazole rings is 1. The van der Waals surface area contributed by atoms with E-state index in [1.165, 1.54) is 54.6 Å². The molecular formula is C57H65B2Br2F7N6O6S. The first-order valence-corrected chi connectivity index (χ1v) is 25.4. The summed E-state index contributed by atoms with van der Waals surface area (Å²) >= 11 is 7.95. The molecule has 0 unspecified atom stereocenters. The van der Waals surface area contributed by atoms with Crippen molar-refractivity contribution in [3.63, 3.8) is 0 Å². The number of nitrogens with one attached hydrogen (secondary N) is 2. The van der Waals surface area contributed by atoms with Gasteiger partial charge < -0.3 is 30.3 Å². The maximum Gasteiger partial charge on any atom is 0.488 e. The highest BCUT2D eigenvalue weighted by Gasteiger charge is 2.31. The monoisotopic (exact) mass is 1270 g/mol. The zero-order valence-corrected chi connectivity index (χ0v) is 43.7. The number of carbonyl (C=O) groups is 2. The molecular weight excluding hydrogens is 1210 g/mol. The summed E-state index contributed by atoms with van der Waals surface area (Å²) in [5.41, 5.74) is 4.45. The molecule has 8 aromatic rings. The summed E-state index contributed by atoms with van der Waals surface area (Å²) in [5.74, 6) is -5.22. The Labute approximate surface area is 490 Å². The third kappa shape index (κ3) is 22.4. The first kappa shape index (κ1) is 72.5. The van der Waals surface area contributed by atoms with Crippen LogP contribution < -0.4 is 16.2 Å². The molecule has 4 heterocycles. The van der Waals surface area contributed by atoms with Gasteiger partial charge in [-0.15, -0.1) is 11.3 Å². The molecule has 6 N–H and O–H groups in total. The van der Waals surface area contributed by atoms with Crippen LogP contribution in [0.25, 0.3) is 27.7 Å². The van der Waals surface area contributed by atoms with E-state index in [4.69, 9.17) is 20.1 Å². The lowest BCUT2D eigenvalue weighted by Gasteiger charge is -2.28. The van der Waals surface area contributed by atoms with Crippen LogP contribution in [0.4, 0.5) is 36.4 Å². The van der Waals surface area contributed by atoms with Gasteiger partial charge in [-0.1, -0.05) is 89.5 Å². The SMILES string of the molecule is Brc1nccs1.C.C.C.C.C.Fc1ccc(Br)cc1.O=C(Nc1ccc2[nH]nc(-c3ccc(F)c(F)c3)c2c1)[C@@H]1CCN(CC(=O)N2CC=C(c3ccc(F)cc3)CC2)C1.OB(O)c1ccc(F)c(F)c1.OB(O)c1ccc(F)cc1. The fraction of sp³-hybridized carbons (Fsp3) is 0.228. The zero-order valence-electron chi connectivity index (χ0n) is 39.7. The van der Waals surface area contributed by atoms with E-state index < -0.39 is 37.5 Å². The summed E-state index contributed by atoms with van der Waals surface area (Å²) in [6, 6.07) is 29.1. The van der Waals surface area contributed by atoms with E-state index in [2.05, 4.69) is 52.4 Å². The van der Waals surface area contributed by atoms with E-state index in [9.17, 15) is 40.3 Å². The molecule has 1 saturated heterocycles. The molecule has 24 heteroatoms. The highest BCUT2D eigenvalue weighted by atomic mass is 79.9. The number of amides is 2. The first-order chi connectivity index (χ1) is 36.3. The molecule has 434 valence electrons. The van der Waals surface area contributed by atoms with Crippen LogP contribution in [-0.4, -0.2) is 104 Å². The highest BCUT2D eigenvalue weighted by Crippen LogP contribution is 2.30. The number of nitrogens with zero attached hydrogens (tertiary/aromatic N) is 4. The van der Waals surface area contributed by atoms with Crippen molar-refractivity contribution < 1.29 is 60.4 Å². The number of halogens is 9. The third-order valence-corrected chi connectivity index (χ3v) is 13.3. The second-order valence-corrected chi connectivity index (χ2v) is 19.8. The number of rotatable bonds is 8. The number of hydrogen-bond acceptors (Lipinski definition) is 10. The van der Waals surface area contributed by atoms with Gasteiger partial charge in [-0.2, -0.15) is 5.10 Å². The lowest BCUT2D eigenvalue weighted by molar-refractivity contribution is -0.132. The Morgan fingerprint density at radius 1 is 0.667 bits per heavy atom. The van der Waals surface area contributed by atoms with E-state index in [-0.39, 0.29) is 84.3 Å². The van der Waals surface area contributed by atoms with E-state index in [1.807, 2.05) is 21.3 Å². The number of hydrogen-bond donors (Lipinski definition) is 6. The number of H-pyrrole nitrogens is 1. The van der Waals surface area contributed by atoms with Crippen LogP contribution in [0.3, 0.4) is 0 Å². The van der Waals surface area contributed by atoms with Crippen LogP contribution in [-0.2, 0) is 9.59 Å². The summed E-state index contributed by atoms with van der Waals surface area (Å²) in [7, 11) is -3.27. The van der Waals surface area contributed by atoms with Crippen molar-refractivity contribution in [2.75, 3.05) is 38.0 Å². The topological polar surface area (TPSA) is 175 Å². The van der Waals surface area contributed by atoms with Crippen LogP contribution in [0, 0.1) is 46.6 Å². The zero-order chi connectivity index (χ0) is 54.9. The Morgan fingerprint density at radius 2 is 1.22 bits per heavy atom. The lowest BCUT2D eigenvalue weighted by atomic mass is 9.80. The molecule has 2 amide bonds. The number of carbonyl (C=O) groups excluding carboxylic acids is 2. The van der Waals surface area contributed by atoms with Crippen molar-refractivity contribution in [1.82, 2.24) is 25.0 Å². The minimum absolute atomic E-state index is 0. The summed E-state index contributed by atoms with van der Waals surface area (Å²) < 4.78 is 91.1. The van der Waals surface area contributed by atoms with Crippen molar-refractivity contribution >= 4 is 102 Å². The normalized spacial score (nSPS) is 13.0. The molecule has 1 fully saturated rings. The van der Waals surface area contributed by atoms with Gasteiger partial charge in [-0.25, -0.2) is 35.7 Å². The third-order valence-electron chi connectivity index (χ3n) is 11.4. The smallest absolute Gasteiger partial charge is 0.423 e. The predicted molar refractivity (Wildman–Crippen MR) is 320 cm³/mol. The van der Waals surface area contributed by atoms with Crippen molar-refractivity contribution in [1.29, 1.82) is 0 Å². The molecule has 81 heavy (non-hydrogen) atoms. The summed E-state index contributed by atoms with van der Waals surface area (Å²) in [6.45, 7) is 2.49. The van der Waals surface area contributed by atoms with Crippen LogP contribution in [0.1, 0.15) is 55.5 Å². The largest absolute Gasteiger partial charge is 0.488 e. The van der Waals surface area contributed by atoms with Gasteiger partial charge in [0.2, 0.25) is 11.8 Å². The molecule has 2 aliphatic heterocycles. The summed E-state index contributed by atoms with van der Waals surface area (Å²) in [4.78, 5) is 33.7. The minimum Gasteiger partial charge on any atom is -0.423 e. The van der Waals surface area contributed by atoms with Gasteiger partial charge in [0, 0.05) is 52.3 Å². The van der Waals surface area contributed by atoms with Gasteiger partial charge >= 0.3 is 14.2 Å². The number of fused-ring (bicyclic) bond motifs is 1.